The highest BCUT2D eigenvalue weighted by Gasteiger charge is 2.39. The highest BCUT2D eigenvalue weighted by atomic mass is 16.5. The number of hydrazine groups is 1. The minimum Gasteiger partial charge on any atom is -0.509 e. The fourth-order valence-electron chi connectivity index (χ4n) is 3.38. The van der Waals surface area contributed by atoms with Gasteiger partial charge in [-0.3, -0.25) is 5.01 Å². The van der Waals surface area contributed by atoms with Gasteiger partial charge in [0.05, 0.1) is 12.0 Å². The van der Waals surface area contributed by atoms with Crippen LogP contribution in [-0.4, -0.2) is 17.1 Å². The first-order valence-corrected chi connectivity index (χ1v) is 9.43. The number of aliphatic hydroxyl groups is 1. The van der Waals surface area contributed by atoms with E-state index in [0.29, 0.717) is 5.76 Å². The molecule has 0 bridgehead atoms. The largest absolute Gasteiger partial charge is 0.509 e. The number of nitrogens with zero attached hydrogens (tertiary/aromatic N) is 1. The maximum atomic E-state index is 12.9. The molecule has 2 heterocycles. The zero-order valence-electron chi connectivity index (χ0n) is 16.0. The van der Waals surface area contributed by atoms with E-state index in [1.165, 1.54) is 6.26 Å². The quantitative estimate of drug-likeness (QED) is 0.633. The molecule has 29 heavy (non-hydrogen) atoms. The summed E-state index contributed by atoms with van der Waals surface area (Å²) >= 11 is 0. The van der Waals surface area contributed by atoms with Gasteiger partial charge in [-0.05, 0) is 36.8 Å². The molecule has 0 saturated carbocycles. The Bertz CT molecular complexity index is 984. The van der Waals surface area contributed by atoms with E-state index in [-0.39, 0.29) is 17.9 Å². The predicted octanol–water partition coefficient (Wildman–Crippen LogP) is 4.29. The monoisotopic (exact) mass is 390 g/mol. The second-order valence-corrected chi connectivity index (χ2v) is 6.82. The molecular weight excluding hydrogens is 368 g/mol. The Balaban J connectivity index is 1.65. The first-order valence-electron chi connectivity index (χ1n) is 9.43. The van der Waals surface area contributed by atoms with E-state index in [4.69, 9.17) is 9.15 Å². The van der Waals surface area contributed by atoms with Gasteiger partial charge in [0.15, 0.2) is 0 Å². The number of esters is 1. The maximum Gasteiger partial charge on any atom is 0.340 e. The van der Waals surface area contributed by atoms with Crippen molar-refractivity contribution in [2.24, 2.45) is 0 Å². The number of hydrogen-bond acceptors (Lipinski definition) is 6. The van der Waals surface area contributed by atoms with E-state index in [2.05, 4.69) is 5.43 Å². The summed E-state index contributed by atoms with van der Waals surface area (Å²) in [7, 11) is 0. The van der Waals surface area contributed by atoms with Crippen LogP contribution in [0.15, 0.2) is 94.8 Å². The predicted molar refractivity (Wildman–Crippen MR) is 109 cm³/mol. The molecule has 0 aliphatic carbocycles. The van der Waals surface area contributed by atoms with Crippen molar-refractivity contribution in [3.05, 3.63) is 102 Å². The van der Waals surface area contributed by atoms with Gasteiger partial charge in [0, 0.05) is 0 Å². The van der Waals surface area contributed by atoms with Crippen LogP contribution in [-0.2, 0) is 16.1 Å². The summed E-state index contributed by atoms with van der Waals surface area (Å²) in [5, 5.41) is 12.8. The van der Waals surface area contributed by atoms with Gasteiger partial charge in [0.2, 0.25) is 0 Å². The van der Waals surface area contributed by atoms with Crippen LogP contribution in [0.2, 0.25) is 0 Å². The van der Waals surface area contributed by atoms with E-state index in [1.54, 1.807) is 12.1 Å². The molecule has 2 aromatic carbocycles. The number of carbonyl (C=O) groups excluding carboxylic acids is 1. The van der Waals surface area contributed by atoms with Gasteiger partial charge in [-0.1, -0.05) is 48.5 Å². The molecule has 2 atom stereocenters. The normalized spacial score (nSPS) is 19.3. The van der Waals surface area contributed by atoms with Gasteiger partial charge >= 0.3 is 5.97 Å². The average Bonchev–Trinajstić information content (AvgIpc) is 3.30. The Labute approximate surface area is 169 Å². The zero-order valence-corrected chi connectivity index (χ0v) is 16.0. The summed E-state index contributed by atoms with van der Waals surface area (Å²) in [6, 6.07) is 21.4. The highest BCUT2D eigenvalue weighted by Crippen LogP contribution is 2.34. The number of aliphatic hydroxyl groups excluding tert-OH is 1. The Kier molecular flexibility index (Phi) is 5.35. The van der Waals surface area contributed by atoms with Crippen molar-refractivity contribution < 1.29 is 19.1 Å². The van der Waals surface area contributed by atoms with Crippen molar-refractivity contribution in [1.29, 1.82) is 0 Å². The third-order valence-corrected chi connectivity index (χ3v) is 4.91. The fraction of sp³-hybridized carbons (Fsp3) is 0.174. The summed E-state index contributed by atoms with van der Waals surface area (Å²) in [5.41, 5.74) is 5.19. The number of carbonyl (C=O) groups is 1. The molecule has 6 nitrogen and oxygen atoms in total. The molecule has 3 aromatic rings. The van der Waals surface area contributed by atoms with Crippen LogP contribution in [0.5, 0.6) is 0 Å². The van der Waals surface area contributed by atoms with Crippen molar-refractivity contribution in [3.8, 4) is 0 Å². The molecule has 1 aliphatic heterocycles. The van der Waals surface area contributed by atoms with Gasteiger partial charge in [-0.25, -0.2) is 10.2 Å². The number of anilines is 1. The summed E-state index contributed by atoms with van der Waals surface area (Å²) < 4.78 is 11.0. The Morgan fingerprint density at radius 3 is 2.41 bits per heavy atom. The van der Waals surface area contributed by atoms with Crippen LogP contribution in [0.4, 0.5) is 5.69 Å². The van der Waals surface area contributed by atoms with Gasteiger partial charge in [-0.15, -0.1) is 0 Å². The lowest BCUT2D eigenvalue weighted by atomic mass is 9.97. The molecule has 1 aromatic heterocycles. The lowest BCUT2D eigenvalue weighted by molar-refractivity contribution is -0.141. The van der Waals surface area contributed by atoms with E-state index in [9.17, 15) is 9.90 Å². The third kappa shape index (κ3) is 3.88. The average molecular weight is 390 g/mol. The van der Waals surface area contributed by atoms with Crippen LogP contribution in [0.1, 0.15) is 24.3 Å². The molecule has 2 N–H and O–H groups in total. The van der Waals surface area contributed by atoms with Crippen molar-refractivity contribution in [1.82, 2.24) is 5.43 Å². The van der Waals surface area contributed by atoms with Crippen molar-refractivity contribution in [2.75, 3.05) is 5.01 Å². The number of ether oxygens (including phenoxy) is 1. The molecule has 0 unspecified atom stereocenters. The molecule has 0 radical (unpaired) electrons. The van der Waals surface area contributed by atoms with Gasteiger partial charge in [0.1, 0.15) is 35.8 Å². The summed E-state index contributed by atoms with van der Waals surface area (Å²) in [4.78, 5) is 12.9. The molecule has 0 amide bonds. The van der Waals surface area contributed by atoms with Crippen LogP contribution in [0.3, 0.4) is 0 Å². The van der Waals surface area contributed by atoms with Crippen molar-refractivity contribution in [2.45, 2.75) is 25.6 Å². The molecule has 4 rings (SSSR count). The number of benzene rings is 2. The van der Waals surface area contributed by atoms with E-state index in [0.717, 1.165) is 11.3 Å². The number of hydrogen-bond donors (Lipinski definition) is 2. The van der Waals surface area contributed by atoms with Gasteiger partial charge < -0.3 is 14.3 Å². The first kappa shape index (κ1) is 18.8. The molecule has 1 aliphatic rings. The lowest BCUT2D eigenvalue weighted by Gasteiger charge is -2.39. The van der Waals surface area contributed by atoms with E-state index < -0.39 is 18.1 Å². The topological polar surface area (TPSA) is 74.9 Å². The van der Waals surface area contributed by atoms with Gasteiger partial charge in [0.25, 0.3) is 0 Å². The Morgan fingerprint density at radius 1 is 1.07 bits per heavy atom. The van der Waals surface area contributed by atoms with Crippen molar-refractivity contribution >= 4 is 11.7 Å². The standard InChI is InChI=1S/C23H22N2O4/c1-16-22(26)20(23(27)29-15-17-9-4-2-5-10-17)21(19-13-8-14-28-19)24-25(16)18-11-6-3-7-12-18/h2-14,16,21,24,26H,15H2,1H3/t16-,21+/m1/s1. The molecule has 0 spiro atoms. The van der Waals surface area contributed by atoms with Gasteiger partial charge in [-0.2, -0.15) is 0 Å². The van der Waals surface area contributed by atoms with Crippen LogP contribution >= 0.6 is 0 Å². The Hall–Kier alpha value is -3.51. The zero-order chi connectivity index (χ0) is 20.2. The molecule has 148 valence electrons. The highest BCUT2D eigenvalue weighted by molar-refractivity contribution is 5.91. The summed E-state index contributed by atoms with van der Waals surface area (Å²) in [6.45, 7) is 1.94. The molecule has 0 saturated heterocycles. The number of para-hydroxylation sites is 1. The van der Waals surface area contributed by atoms with Crippen molar-refractivity contribution in [3.63, 3.8) is 0 Å². The number of furan rings is 1. The van der Waals surface area contributed by atoms with Crippen LogP contribution < -0.4 is 10.4 Å². The molecule has 6 heteroatoms. The lowest BCUT2D eigenvalue weighted by Crippen LogP contribution is -2.53. The fourth-order valence-corrected chi connectivity index (χ4v) is 3.38. The smallest absolute Gasteiger partial charge is 0.340 e. The second-order valence-electron chi connectivity index (χ2n) is 6.82. The third-order valence-electron chi connectivity index (χ3n) is 4.91. The minimum atomic E-state index is -0.676. The number of rotatable bonds is 5. The Morgan fingerprint density at radius 2 is 1.76 bits per heavy atom. The second kappa shape index (κ2) is 8.24. The molecular formula is C23H22N2O4. The minimum absolute atomic E-state index is 0.0490. The first-order chi connectivity index (χ1) is 14.1. The van der Waals surface area contributed by atoms with E-state index >= 15 is 0 Å². The summed E-state index contributed by atoms with van der Waals surface area (Å²) in [6.07, 6.45) is 1.53. The van der Waals surface area contributed by atoms with Crippen LogP contribution in [0.25, 0.3) is 0 Å². The van der Waals surface area contributed by atoms with E-state index in [1.807, 2.05) is 72.6 Å². The SMILES string of the molecule is C[C@@H]1C(O)=C(C(=O)OCc2ccccc2)[C@H](c2ccco2)NN1c1ccccc1. The maximum absolute atomic E-state index is 12.9. The molecule has 0 fully saturated rings. The number of nitrogens with one attached hydrogen (secondary N) is 1. The summed E-state index contributed by atoms with van der Waals surface area (Å²) in [5.74, 6) is -0.122. The van der Waals surface area contributed by atoms with Crippen LogP contribution in [0, 0.1) is 0 Å².